The molecule has 104 valence electrons. The zero-order valence-electron chi connectivity index (χ0n) is 11.6. The highest BCUT2D eigenvalue weighted by Crippen LogP contribution is 2.31. The van der Waals surface area contributed by atoms with E-state index in [0.717, 1.165) is 38.4 Å². The monoisotopic (exact) mass is 260 g/mol. The Morgan fingerprint density at radius 2 is 2.00 bits per heavy atom. The number of rotatable bonds is 3. The fraction of sp³-hybridized carbons (Fsp3) is 0.625. The van der Waals surface area contributed by atoms with Crippen LogP contribution in [0.5, 0.6) is 5.75 Å². The van der Waals surface area contributed by atoms with Gasteiger partial charge in [-0.3, -0.25) is 4.90 Å². The number of ether oxygens (including phenoxy) is 1. The smallest absolute Gasteiger partial charge is 0.123 e. The summed E-state index contributed by atoms with van der Waals surface area (Å²) in [5.74, 6) is 1.05. The maximum atomic E-state index is 6.45. The minimum atomic E-state index is 0.104. The third kappa shape index (κ3) is 3.10. The van der Waals surface area contributed by atoms with E-state index in [1.165, 1.54) is 31.2 Å². The van der Waals surface area contributed by atoms with Crippen molar-refractivity contribution in [3.8, 4) is 5.75 Å². The number of nitrogens with zero attached hydrogens (tertiary/aromatic N) is 1. The molecule has 2 N–H and O–H groups in total. The summed E-state index contributed by atoms with van der Waals surface area (Å²) < 4.78 is 5.80. The molecule has 1 saturated carbocycles. The number of hydrogen-bond acceptors (Lipinski definition) is 3. The maximum Gasteiger partial charge on any atom is 0.123 e. The molecule has 1 aliphatic heterocycles. The van der Waals surface area contributed by atoms with Crippen molar-refractivity contribution in [2.24, 2.45) is 5.73 Å². The molecule has 0 aromatic heterocycles. The van der Waals surface area contributed by atoms with Gasteiger partial charge in [0.2, 0.25) is 0 Å². The Bertz CT molecular complexity index is 427. The summed E-state index contributed by atoms with van der Waals surface area (Å²) in [7, 11) is 0. The first-order valence-electron chi connectivity index (χ1n) is 7.47. The van der Waals surface area contributed by atoms with Gasteiger partial charge >= 0.3 is 0 Å². The van der Waals surface area contributed by atoms with Gasteiger partial charge in [0.25, 0.3) is 0 Å². The molecule has 1 aliphatic carbocycles. The number of benzene rings is 1. The lowest BCUT2D eigenvalue weighted by atomic mass is 9.94. The fourth-order valence-electron chi connectivity index (χ4n) is 3.28. The first kappa shape index (κ1) is 12.9. The van der Waals surface area contributed by atoms with E-state index in [9.17, 15) is 0 Å². The van der Waals surface area contributed by atoms with Crippen LogP contribution in [0.3, 0.4) is 0 Å². The minimum Gasteiger partial charge on any atom is -0.492 e. The van der Waals surface area contributed by atoms with Crippen molar-refractivity contribution in [3.63, 3.8) is 0 Å². The molecule has 0 unspecified atom stereocenters. The summed E-state index contributed by atoms with van der Waals surface area (Å²) in [6, 6.07) is 8.37. The molecule has 1 aromatic rings. The second-order valence-electron chi connectivity index (χ2n) is 6.05. The predicted octanol–water partition coefficient (Wildman–Crippen LogP) is 2.54. The van der Waals surface area contributed by atoms with Crippen molar-refractivity contribution in [2.45, 2.75) is 44.2 Å². The predicted molar refractivity (Wildman–Crippen MR) is 77.2 cm³/mol. The van der Waals surface area contributed by atoms with E-state index in [1.807, 2.05) is 6.07 Å². The summed E-state index contributed by atoms with van der Waals surface area (Å²) >= 11 is 0. The highest BCUT2D eigenvalue weighted by Gasteiger charge is 2.29. The van der Waals surface area contributed by atoms with Gasteiger partial charge in [-0.25, -0.2) is 0 Å². The quantitative estimate of drug-likeness (QED) is 0.907. The summed E-state index contributed by atoms with van der Waals surface area (Å²) in [6.07, 6.45) is 6.14. The van der Waals surface area contributed by atoms with Crippen LogP contribution >= 0.6 is 0 Å². The van der Waals surface area contributed by atoms with Gasteiger partial charge in [-0.15, -0.1) is 0 Å². The Morgan fingerprint density at radius 3 is 2.84 bits per heavy atom. The van der Waals surface area contributed by atoms with Crippen LogP contribution in [0.2, 0.25) is 0 Å². The molecule has 19 heavy (non-hydrogen) atoms. The molecule has 0 spiro atoms. The van der Waals surface area contributed by atoms with Gasteiger partial charge in [-0.05, 0) is 25.3 Å². The normalized spacial score (nSPS) is 22.6. The van der Waals surface area contributed by atoms with Crippen molar-refractivity contribution in [3.05, 3.63) is 29.8 Å². The average Bonchev–Trinajstić information content (AvgIpc) is 2.74. The largest absolute Gasteiger partial charge is 0.492 e. The molecule has 1 aromatic carbocycles. The number of nitrogens with two attached hydrogens (primary N) is 1. The standard InChI is InChI=1S/C16H24N2O/c17-16(7-3-4-8-16)9-10-18-11-12-19-15-6-2-1-5-14(15)13-18/h1-2,5-6H,3-4,7-13,17H2. The Labute approximate surface area is 115 Å². The highest BCUT2D eigenvalue weighted by molar-refractivity contribution is 5.33. The van der Waals surface area contributed by atoms with Crippen LogP contribution in [0.15, 0.2) is 24.3 Å². The zero-order valence-corrected chi connectivity index (χ0v) is 11.6. The molecule has 1 fully saturated rings. The molecule has 0 atom stereocenters. The lowest BCUT2D eigenvalue weighted by molar-refractivity contribution is 0.206. The Balaban J connectivity index is 1.60. The van der Waals surface area contributed by atoms with Crippen LogP contribution in [-0.4, -0.2) is 30.1 Å². The van der Waals surface area contributed by atoms with Gasteiger partial charge in [0, 0.05) is 30.7 Å². The van der Waals surface area contributed by atoms with Crippen molar-refractivity contribution >= 4 is 0 Å². The summed E-state index contributed by atoms with van der Waals surface area (Å²) in [5, 5.41) is 0. The molecular formula is C16H24N2O. The molecule has 3 rings (SSSR count). The van der Waals surface area contributed by atoms with Crippen LogP contribution in [0.1, 0.15) is 37.7 Å². The van der Waals surface area contributed by atoms with Gasteiger partial charge in [0.1, 0.15) is 12.4 Å². The molecule has 2 aliphatic rings. The third-order valence-corrected chi connectivity index (χ3v) is 4.56. The van der Waals surface area contributed by atoms with Crippen LogP contribution in [0.4, 0.5) is 0 Å². The van der Waals surface area contributed by atoms with E-state index in [4.69, 9.17) is 10.5 Å². The molecule has 0 bridgehead atoms. The van der Waals surface area contributed by atoms with E-state index in [1.54, 1.807) is 0 Å². The molecule has 3 nitrogen and oxygen atoms in total. The van der Waals surface area contributed by atoms with E-state index < -0.39 is 0 Å². The van der Waals surface area contributed by atoms with Crippen molar-refractivity contribution in [1.29, 1.82) is 0 Å². The van der Waals surface area contributed by atoms with Crippen LogP contribution in [0.25, 0.3) is 0 Å². The van der Waals surface area contributed by atoms with Crippen LogP contribution < -0.4 is 10.5 Å². The molecule has 0 saturated heterocycles. The fourth-order valence-corrected chi connectivity index (χ4v) is 3.28. The van der Waals surface area contributed by atoms with Gasteiger partial charge in [-0.2, -0.15) is 0 Å². The minimum absolute atomic E-state index is 0.104. The average molecular weight is 260 g/mol. The topological polar surface area (TPSA) is 38.5 Å². The number of para-hydroxylation sites is 1. The van der Waals surface area contributed by atoms with Crippen LogP contribution in [-0.2, 0) is 6.54 Å². The second kappa shape index (κ2) is 5.51. The summed E-state index contributed by atoms with van der Waals surface area (Å²) in [6.45, 7) is 3.87. The van der Waals surface area contributed by atoms with E-state index in [2.05, 4.69) is 23.1 Å². The number of hydrogen-bond donors (Lipinski definition) is 1. The molecule has 3 heteroatoms. The third-order valence-electron chi connectivity index (χ3n) is 4.56. The van der Waals surface area contributed by atoms with Crippen molar-refractivity contribution in [2.75, 3.05) is 19.7 Å². The van der Waals surface area contributed by atoms with Crippen molar-refractivity contribution in [1.82, 2.24) is 4.90 Å². The van der Waals surface area contributed by atoms with E-state index in [-0.39, 0.29) is 5.54 Å². The molecular weight excluding hydrogens is 236 g/mol. The second-order valence-corrected chi connectivity index (χ2v) is 6.05. The van der Waals surface area contributed by atoms with E-state index in [0.29, 0.717) is 0 Å². The SMILES string of the molecule is NC1(CCN2CCOc3ccccc3C2)CCCC1. The number of fused-ring (bicyclic) bond motifs is 1. The lowest BCUT2D eigenvalue weighted by Gasteiger charge is -2.28. The zero-order chi connectivity index (χ0) is 13.1. The van der Waals surface area contributed by atoms with Crippen LogP contribution in [0, 0.1) is 0 Å². The molecule has 1 heterocycles. The highest BCUT2D eigenvalue weighted by atomic mass is 16.5. The molecule has 0 radical (unpaired) electrons. The van der Waals surface area contributed by atoms with Crippen molar-refractivity contribution < 1.29 is 4.74 Å². The first-order chi connectivity index (χ1) is 9.25. The lowest BCUT2D eigenvalue weighted by Crippen LogP contribution is -2.40. The van der Waals surface area contributed by atoms with E-state index >= 15 is 0 Å². The van der Waals surface area contributed by atoms with Gasteiger partial charge in [0.05, 0.1) is 0 Å². The molecule has 0 amide bonds. The summed E-state index contributed by atoms with van der Waals surface area (Å²) in [4.78, 5) is 2.48. The van der Waals surface area contributed by atoms with Gasteiger partial charge in [0.15, 0.2) is 0 Å². The Kier molecular flexibility index (Phi) is 3.76. The first-order valence-corrected chi connectivity index (χ1v) is 7.47. The van der Waals surface area contributed by atoms with Gasteiger partial charge < -0.3 is 10.5 Å². The van der Waals surface area contributed by atoms with Gasteiger partial charge in [-0.1, -0.05) is 31.0 Å². The maximum absolute atomic E-state index is 6.45. The Hall–Kier alpha value is -1.06. The Morgan fingerprint density at radius 1 is 1.21 bits per heavy atom. The summed E-state index contributed by atoms with van der Waals surface area (Å²) in [5.41, 5.74) is 7.86.